The van der Waals surface area contributed by atoms with Gasteiger partial charge in [-0.2, -0.15) is 4.98 Å². The molecule has 0 unspecified atom stereocenters. The molecule has 0 atom stereocenters. The highest BCUT2D eigenvalue weighted by molar-refractivity contribution is 7.92. The van der Waals surface area contributed by atoms with Gasteiger partial charge in [-0.05, 0) is 19.9 Å². The summed E-state index contributed by atoms with van der Waals surface area (Å²) in [5, 5.41) is 6.09. The van der Waals surface area contributed by atoms with E-state index in [0.29, 0.717) is 0 Å². The molecule has 2 N–H and O–H groups in total. The number of aromatic amines is 1. The van der Waals surface area contributed by atoms with Gasteiger partial charge in [0.15, 0.2) is 0 Å². The Balaban J connectivity index is 2.29. The molecule has 0 aliphatic heterocycles. The largest absolute Gasteiger partial charge is 0.466 e. The number of methoxy groups -OCH3 is 1. The summed E-state index contributed by atoms with van der Waals surface area (Å²) < 4.78 is 31.3. The normalized spacial score (nSPS) is 11.5. The number of hydrogen-bond acceptors (Lipinski definition) is 6. The molecule has 0 aliphatic carbocycles. The van der Waals surface area contributed by atoms with Gasteiger partial charge in [0.1, 0.15) is 4.90 Å². The third-order valence-electron chi connectivity index (χ3n) is 2.16. The van der Waals surface area contributed by atoms with Crippen LogP contribution in [-0.2, 0) is 10.0 Å². The Labute approximate surface area is 108 Å². The Morgan fingerprint density at radius 2 is 2.17 bits per heavy atom. The predicted molar refractivity (Wildman–Crippen MR) is 67.5 cm³/mol. The second kappa shape index (κ2) is 4.58. The fourth-order valence-corrected chi connectivity index (χ4v) is 3.95. The SMILES string of the molecule is COc1n[nH]c(NS(=O)(=O)c2cc(C)sc2C)n1. The molecule has 9 heteroatoms. The van der Waals surface area contributed by atoms with Crippen molar-refractivity contribution in [2.45, 2.75) is 18.7 Å². The molecule has 2 aromatic heterocycles. The van der Waals surface area contributed by atoms with Gasteiger partial charge in [0.2, 0.25) is 5.95 Å². The molecular weight excluding hydrogens is 276 g/mol. The predicted octanol–water partition coefficient (Wildman–Crippen LogP) is 1.29. The summed E-state index contributed by atoms with van der Waals surface area (Å²) in [5.74, 6) is 0.0232. The molecule has 7 nitrogen and oxygen atoms in total. The minimum absolute atomic E-state index is 0.0232. The zero-order valence-electron chi connectivity index (χ0n) is 10.0. The molecule has 0 aromatic carbocycles. The number of rotatable bonds is 4. The molecule has 2 aromatic rings. The van der Waals surface area contributed by atoms with Gasteiger partial charge in [0.05, 0.1) is 7.11 Å². The lowest BCUT2D eigenvalue weighted by molar-refractivity contribution is 0.382. The molecule has 98 valence electrons. The number of thiophene rings is 1. The topological polar surface area (TPSA) is 97.0 Å². The molecule has 0 fully saturated rings. The van der Waals surface area contributed by atoms with E-state index >= 15 is 0 Å². The molecular formula is C9H12N4O3S2. The van der Waals surface area contributed by atoms with Crippen molar-refractivity contribution in [1.82, 2.24) is 15.2 Å². The quantitative estimate of drug-likeness (QED) is 0.883. The fourth-order valence-electron chi connectivity index (χ4n) is 1.44. The molecule has 0 saturated heterocycles. The van der Waals surface area contributed by atoms with Gasteiger partial charge >= 0.3 is 6.01 Å². The monoisotopic (exact) mass is 288 g/mol. The summed E-state index contributed by atoms with van der Waals surface area (Å²) in [7, 11) is -2.25. The lowest BCUT2D eigenvalue weighted by atomic mass is 10.4. The zero-order valence-corrected chi connectivity index (χ0v) is 11.6. The van der Waals surface area contributed by atoms with Crippen LogP contribution in [0.3, 0.4) is 0 Å². The Bertz CT molecular complexity index is 659. The number of aromatic nitrogens is 3. The Morgan fingerprint density at radius 3 is 2.67 bits per heavy atom. The second-order valence-corrected chi connectivity index (χ2v) is 6.66. The van der Waals surface area contributed by atoms with Gasteiger partial charge in [0, 0.05) is 9.75 Å². The van der Waals surface area contributed by atoms with E-state index < -0.39 is 10.0 Å². The Hall–Kier alpha value is -1.61. The molecule has 0 spiro atoms. The fraction of sp³-hybridized carbons (Fsp3) is 0.333. The third-order valence-corrected chi connectivity index (χ3v) is 4.72. The van der Waals surface area contributed by atoms with E-state index in [1.807, 2.05) is 6.92 Å². The van der Waals surface area contributed by atoms with Crippen LogP contribution in [0, 0.1) is 13.8 Å². The van der Waals surface area contributed by atoms with Gasteiger partial charge in [-0.1, -0.05) is 0 Å². The molecule has 18 heavy (non-hydrogen) atoms. The van der Waals surface area contributed by atoms with Crippen LogP contribution in [0.1, 0.15) is 9.75 Å². The first-order valence-corrected chi connectivity index (χ1v) is 7.28. The highest BCUT2D eigenvalue weighted by Crippen LogP contribution is 2.26. The summed E-state index contributed by atoms with van der Waals surface area (Å²) >= 11 is 1.43. The minimum atomic E-state index is -3.65. The van der Waals surface area contributed by atoms with Crippen LogP contribution in [0.2, 0.25) is 0 Å². The number of nitrogens with zero attached hydrogens (tertiary/aromatic N) is 2. The number of aryl methyl sites for hydroxylation is 2. The molecule has 2 heterocycles. The van der Waals surface area contributed by atoms with Crippen molar-refractivity contribution in [2.75, 3.05) is 11.8 Å². The summed E-state index contributed by atoms with van der Waals surface area (Å²) in [6.45, 7) is 3.61. The van der Waals surface area contributed by atoms with Gasteiger partial charge in [-0.3, -0.25) is 0 Å². The lowest BCUT2D eigenvalue weighted by Gasteiger charge is -2.03. The standard InChI is InChI=1S/C9H12N4O3S2/c1-5-4-7(6(2)17-5)18(14,15)13-8-10-9(16-3)12-11-8/h4H,1-3H3,(H2,10,11,12,13). The average Bonchev–Trinajstić information content (AvgIpc) is 2.84. The van der Waals surface area contributed by atoms with E-state index in [-0.39, 0.29) is 16.9 Å². The van der Waals surface area contributed by atoms with Gasteiger partial charge in [0.25, 0.3) is 10.0 Å². The molecule has 0 aliphatic rings. The lowest BCUT2D eigenvalue weighted by Crippen LogP contribution is -2.14. The maximum absolute atomic E-state index is 12.1. The van der Waals surface area contributed by atoms with Crippen LogP contribution in [0.4, 0.5) is 5.95 Å². The number of hydrogen-bond donors (Lipinski definition) is 2. The maximum atomic E-state index is 12.1. The summed E-state index contributed by atoms with van der Waals surface area (Å²) in [4.78, 5) is 5.71. The first-order chi connectivity index (χ1) is 8.42. The summed E-state index contributed by atoms with van der Waals surface area (Å²) in [5.41, 5.74) is 0. The van der Waals surface area contributed by atoms with E-state index in [1.54, 1.807) is 13.0 Å². The molecule has 0 saturated carbocycles. The van der Waals surface area contributed by atoms with Crippen molar-refractivity contribution in [3.8, 4) is 6.01 Å². The van der Waals surface area contributed by atoms with Crippen molar-refractivity contribution >= 4 is 27.3 Å². The Morgan fingerprint density at radius 1 is 1.44 bits per heavy atom. The van der Waals surface area contributed by atoms with Crippen LogP contribution in [0.25, 0.3) is 0 Å². The highest BCUT2D eigenvalue weighted by atomic mass is 32.2. The number of H-pyrrole nitrogens is 1. The van der Waals surface area contributed by atoms with Crippen LogP contribution in [0.15, 0.2) is 11.0 Å². The molecule has 2 rings (SSSR count). The maximum Gasteiger partial charge on any atom is 0.336 e. The summed E-state index contributed by atoms with van der Waals surface area (Å²) in [6, 6.07) is 1.70. The van der Waals surface area contributed by atoms with Crippen LogP contribution >= 0.6 is 11.3 Å². The molecule has 0 bridgehead atoms. The van der Waals surface area contributed by atoms with E-state index in [9.17, 15) is 8.42 Å². The summed E-state index contributed by atoms with van der Waals surface area (Å²) in [6.07, 6.45) is 0. The van der Waals surface area contributed by atoms with E-state index in [2.05, 4.69) is 19.9 Å². The highest BCUT2D eigenvalue weighted by Gasteiger charge is 2.20. The van der Waals surface area contributed by atoms with Crippen molar-refractivity contribution < 1.29 is 13.2 Å². The number of ether oxygens (including phenoxy) is 1. The van der Waals surface area contributed by atoms with Gasteiger partial charge < -0.3 is 4.74 Å². The van der Waals surface area contributed by atoms with Gasteiger partial charge in [-0.15, -0.1) is 16.4 Å². The second-order valence-electron chi connectivity index (χ2n) is 3.55. The van der Waals surface area contributed by atoms with Crippen molar-refractivity contribution in [2.24, 2.45) is 0 Å². The zero-order chi connectivity index (χ0) is 13.3. The Kier molecular flexibility index (Phi) is 3.26. The average molecular weight is 288 g/mol. The van der Waals surface area contributed by atoms with E-state index in [4.69, 9.17) is 4.74 Å². The van der Waals surface area contributed by atoms with Crippen LogP contribution < -0.4 is 9.46 Å². The molecule has 0 radical (unpaired) electrons. The van der Waals surface area contributed by atoms with E-state index in [0.717, 1.165) is 9.75 Å². The minimum Gasteiger partial charge on any atom is -0.466 e. The van der Waals surface area contributed by atoms with Crippen molar-refractivity contribution in [3.05, 3.63) is 15.8 Å². The van der Waals surface area contributed by atoms with Gasteiger partial charge in [-0.25, -0.2) is 18.2 Å². The van der Waals surface area contributed by atoms with Crippen LogP contribution in [0.5, 0.6) is 6.01 Å². The number of anilines is 1. The van der Waals surface area contributed by atoms with Crippen LogP contribution in [-0.4, -0.2) is 30.7 Å². The van der Waals surface area contributed by atoms with Crippen molar-refractivity contribution in [3.63, 3.8) is 0 Å². The first kappa shape index (κ1) is 12.8. The smallest absolute Gasteiger partial charge is 0.336 e. The third kappa shape index (κ3) is 2.46. The first-order valence-electron chi connectivity index (χ1n) is 4.98. The number of sulfonamides is 1. The number of nitrogens with one attached hydrogen (secondary N) is 2. The van der Waals surface area contributed by atoms with Crippen molar-refractivity contribution in [1.29, 1.82) is 0 Å². The van der Waals surface area contributed by atoms with E-state index in [1.165, 1.54) is 18.4 Å². The molecule has 0 amide bonds.